The SMILES string of the molecule is OC1CCNC1c1ccc(-n2ccnc2)cc1. The first kappa shape index (κ1) is 10.5. The highest BCUT2D eigenvalue weighted by molar-refractivity contribution is 5.36. The van der Waals surface area contributed by atoms with E-state index in [1.54, 1.807) is 12.5 Å². The van der Waals surface area contributed by atoms with E-state index in [9.17, 15) is 5.11 Å². The smallest absolute Gasteiger partial charge is 0.0991 e. The molecule has 1 fully saturated rings. The number of nitrogens with zero attached hydrogens (tertiary/aromatic N) is 2. The number of rotatable bonds is 2. The van der Waals surface area contributed by atoms with Crippen LogP contribution in [-0.4, -0.2) is 27.3 Å². The standard InChI is InChI=1S/C13H15N3O/c17-12-5-6-15-13(12)10-1-3-11(4-2-10)16-8-7-14-9-16/h1-4,7-9,12-13,15,17H,5-6H2. The highest BCUT2D eigenvalue weighted by Crippen LogP contribution is 2.24. The maximum atomic E-state index is 9.82. The molecule has 1 aliphatic heterocycles. The van der Waals surface area contributed by atoms with Crippen LogP contribution in [0.15, 0.2) is 43.0 Å². The van der Waals surface area contributed by atoms with Gasteiger partial charge in [0.2, 0.25) is 0 Å². The number of aliphatic hydroxyl groups excluding tert-OH is 1. The minimum atomic E-state index is -0.269. The third-order valence-corrected chi connectivity index (χ3v) is 3.24. The van der Waals surface area contributed by atoms with Crippen molar-refractivity contribution < 1.29 is 5.11 Å². The summed E-state index contributed by atoms with van der Waals surface area (Å²) in [5, 5.41) is 13.1. The molecule has 3 rings (SSSR count). The van der Waals surface area contributed by atoms with Crippen LogP contribution in [0.3, 0.4) is 0 Å². The number of imidazole rings is 1. The van der Waals surface area contributed by atoms with Crippen LogP contribution in [0.4, 0.5) is 0 Å². The maximum Gasteiger partial charge on any atom is 0.0991 e. The molecule has 2 N–H and O–H groups in total. The molecule has 2 atom stereocenters. The monoisotopic (exact) mass is 229 g/mol. The number of hydrogen-bond acceptors (Lipinski definition) is 3. The van der Waals surface area contributed by atoms with Crippen molar-refractivity contribution in [3.8, 4) is 5.69 Å². The van der Waals surface area contributed by atoms with Crippen LogP contribution >= 0.6 is 0 Å². The summed E-state index contributed by atoms with van der Waals surface area (Å²) in [6, 6.07) is 8.28. The Balaban J connectivity index is 1.85. The summed E-state index contributed by atoms with van der Waals surface area (Å²) in [5.41, 5.74) is 2.22. The molecule has 88 valence electrons. The molecule has 2 heterocycles. The van der Waals surface area contributed by atoms with Crippen molar-refractivity contribution in [1.82, 2.24) is 14.9 Å². The molecule has 4 nitrogen and oxygen atoms in total. The minimum absolute atomic E-state index is 0.0758. The Bertz CT molecular complexity index is 478. The summed E-state index contributed by atoms with van der Waals surface area (Å²) in [4.78, 5) is 4.02. The van der Waals surface area contributed by atoms with Crippen LogP contribution < -0.4 is 5.32 Å². The number of aromatic nitrogens is 2. The van der Waals surface area contributed by atoms with E-state index in [4.69, 9.17) is 0 Å². The Kier molecular flexibility index (Phi) is 2.66. The van der Waals surface area contributed by atoms with Crippen molar-refractivity contribution in [1.29, 1.82) is 0 Å². The predicted molar refractivity (Wildman–Crippen MR) is 64.9 cm³/mol. The fourth-order valence-electron chi connectivity index (χ4n) is 2.30. The third-order valence-electron chi connectivity index (χ3n) is 3.24. The first-order valence-corrected chi connectivity index (χ1v) is 5.84. The van der Waals surface area contributed by atoms with Gasteiger partial charge in [-0.3, -0.25) is 0 Å². The largest absolute Gasteiger partial charge is 0.391 e. The average molecular weight is 229 g/mol. The third kappa shape index (κ3) is 1.97. The number of nitrogens with one attached hydrogen (secondary N) is 1. The highest BCUT2D eigenvalue weighted by atomic mass is 16.3. The quantitative estimate of drug-likeness (QED) is 0.815. The molecule has 1 saturated heterocycles. The topological polar surface area (TPSA) is 50.1 Å². The van der Waals surface area contributed by atoms with Gasteiger partial charge in [0.1, 0.15) is 0 Å². The van der Waals surface area contributed by atoms with Gasteiger partial charge in [0.05, 0.1) is 18.5 Å². The normalized spacial score (nSPS) is 24.1. The maximum absolute atomic E-state index is 9.82. The molecule has 1 aromatic heterocycles. The van der Waals surface area contributed by atoms with Crippen LogP contribution in [0.1, 0.15) is 18.0 Å². The molecular formula is C13H15N3O. The Morgan fingerprint density at radius 3 is 2.71 bits per heavy atom. The lowest BCUT2D eigenvalue weighted by Gasteiger charge is -2.15. The van der Waals surface area contributed by atoms with Gasteiger partial charge in [-0.15, -0.1) is 0 Å². The molecule has 2 unspecified atom stereocenters. The zero-order chi connectivity index (χ0) is 11.7. The van der Waals surface area contributed by atoms with Gasteiger partial charge in [0, 0.05) is 18.1 Å². The summed E-state index contributed by atoms with van der Waals surface area (Å²) >= 11 is 0. The molecule has 0 spiro atoms. The van der Waals surface area contributed by atoms with Crippen molar-refractivity contribution in [2.24, 2.45) is 0 Å². The molecule has 0 aliphatic carbocycles. The van der Waals surface area contributed by atoms with Crippen LogP contribution in [0.5, 0.6) is 0 Å². The number of aliphatic hydroxyl groups is 1. The van der Waals surface area contributed by atoms with Crippen molar-refractivity contribution in [3.63, 3.8) is 0 Å². The second-order valence-electron chi connectivity index (χ2n) is 4.35. The second-order valence-corrected chi connectivity index (χ2v) is 4.35. The highest BCUT2D eigenvalue weighted by Gasteiger charge is 2.25. The van der Waals surface area contributed by atoms with E-state index in [-0.39, 0.29) is 12.1 Å². The molecule has 0 bridgehead atoms. The van der Waals surface area contributed by atoms with E-state index >= 15 is 0 Å². The van der Waals surface area contributed by atoms with E-state index in [1.165, 1.54) is 0 Å². The lowest BCUT2D eigenvalue weighted by Crippen LogP contribution is -2.20. The lowest BCUT2D eigenvalue weighted by atomic mass is 10.0. The summed E-state index contributed by atoms with van der Waals surface area (Å²) in [6.45, 7) is 0.884. The Hall–Kier alpha value is -1.65. The molecule has 1 aliphatic rings. The van der Waals surface area contributed by atoms with Gasteiger partial charge in [0.25, 0.3) is 0 Å². The fraction of sp³-hybridized carbons (Fsp3) is 0.308. The minimum Gasteiger partial charge on any atom is -0.391 e. The Labute approximate surface area is 99.9 Å². The zero-order valence-corrected chi connectivity index (χ0v) is 9.45. The van der Waals surface area contributed by atoms with E-state index < -0.39 is 0 Å². The summed E-state index contributed by atoms with van der Waals surface area (Å²) in [5.74, 6) is 0. The number of hydrogen-bond donors (Lipinski definition) is 2. The van der Waals surface area contributed by atoms with Crippen LogP contribution in [-0.2, 0) is 0 Å². The van der Waals surface area contributed by atoms with E-state index in [0.717, 1.165) is 24.2 Å². The van der Waals surface area contributed by atoms with Gasteiger partial charge in [-0.25, -0.2) is 4.98 Å². The second kappa shape index (κ2) is 4.31. The summed E-state index contributed by atoms with van der Waals surface area (Å²) in [7, 11) is 0. The van der Waals surface area contributed by atoms with Gasteiger partial charge in [0.15, 0.2) is 0 Å². The molecule has 17 heavy (non-hydrogen) atoms. The first-order chi connectivity index (χ1) is 8.34. The van der Waals surface area contributed by atoms with E-state index in [2.05, 4.69) is 22.4 Å². The number of benzene rings is 1. The average Bonchev–Trinajstić information content (AvgIpc) is 3.00. The van der Waals surface area contributed by atoms with Crippen molar-refractivity contribution in [2.75, 3.05) is 6.54 Å². The van der Waals surface area contributed by atoms with Crippen molar-refractivity contribution >= 4 is 0 Å². The van der Waals surface area contributed by atoms with Gasteiger partial charge >= 0.3 is 0 Å². The van der Waals surface area contributed by atoms with Gasteiger partial charge in [-0.1, -0.05) is 12.1 Å². The van der Waals surface area contributed by atoms with E-state index in [0.29, 0.717) is 0 Å². The molecular weight excluding hydrogens is 214 g/mol. The molecule has 1 aromatic carbocycles. The van der Waals surface area contributed by atoms with Crippen LogP contribution in [0.25, 0.3) is 5.69 Å². The van der Waals surface area contributed by atoms with Crippen molar-refractivity contribution in [2.45, 2.75) is 18.6 Å². The molecule has 2 aromatic rings. The molecule has 0 saturated carbocycles. The van der Waals surface area contributed by atoms with Gasteiger partial charge in [-0.05, 0) is 30.7 Å². The van der Waals surface area contributed by atoms with Crippen LogP contribution in [0.2, 0.25) is 0 Å². The Morgan fingerprint density at radius 2 is 2.12 bits per heavy atom. The van der Waals surface area contributed by atoms with Gasteiger partial charge in [-0.2, -0.15) is 0 Å². The lowest BCUT2D eigenvalue weighted by molar-refractivity contribution is 0.160. The van der Waals surface area contributed by atoms with Crippen LogP contribution in [0, 0.1) is 0 Å². The molecule has 0 amide bonds. The zero-order valence-electron chi connectivity index (χ0n) is 9.45. The fourth-order valence-corrected chi connectivity index (χ4v) is 2.30. The summed E-state index contributed by atoms with van der Waals surface area (Å²) < 4.78 is 1.96. The summed E-state index contributed by atoms with van der Waals surface area (Å²) in [6.07, 6.45) is 6.01. The van der Waals surface area contributed by atoms with Crippen molar-refractivity contribution in [3.05, 3.63) is 48.5 Å². The molecule has 0 radical (unpaired) electrons. The molecule has 4 heteroatoms. The predicted octanol–water partition coefficient (Wildman–Crippen LogP) is 1.27. The van der Waals surface area contributed by atoms with Gasteiger partial charge < -0.3 is 15.0 Å². The van der Waals surface area contributed by atoms with E-state index in [1.807, 2.05) is 22.9 Å². The first-order valence-electron chi connectivity index (χ1n) is 5.84. The Morgan fingerprint density at radius 1 is 1.29 bits per heavy atom.